The van der Waals surface area contributed by atoms with Crippen LogP contribution in [0.5, 0.6) is 11.8 Å². The highest BCUT2D eigenvalue weighted by Gasteiger charge is 2.49. The van der Waals surface area contributed by atoms with Crippen molar-refractivity contribution < 1.29 is 18.6 Å². The van der Waals surface area contributed by atoms with Crippen LogP contribution in [-0.2, 0) is 0 Å². The number of aromatic nitrogens is 3. The highest BCUT2D eigenvalue weighted by atomic mass is 35.5. The lowest BCUT2D eigenvalue weighted by atomic mass is 9.95. The van der Waals surface area contributed by atoms with Gasteiger partial charge < -0.3 is 20.1 Å². The van der Waals surface area contributed by atoms with Crippen LogP contribution in [-0.4, -0.2) is 81.5 Å². The number of nitrogens with one attached hydrogen (secondary N) is 1. The molecule has 9 rings (SSSR count). The van der Waals surface area contributed by atoms with Gasteiger partial charge in [0.15, 0.2) is 0 Å². The van der Waals surface area contributed by atoms with Gasteiger partial charge in [-0.05, 0) is 55.8 Å². The van der Waals surface area contributed by atoms with Crippen molar-refractivity contribution >= 4 is 67.3 Å². The van der Waals surface area contributed by atoms with Gasteiger partial charge in [-0.1, -0.05) is 36.4 Å². The number of halogens is 3. The minimum Gasteiger partial charge on any atom is -0.508 e. The van der Waals surface area contributed by atoms with Gasteiger partial charge in [0.25, 0.3) is 0 Å². The number of rotatable bonds is 4. The normalized spacial score (nSPS) is 26.0. The number of phenols is 1. The van der Waals surface area contributed by atoms with Crippen molar-refractivity contribution in [2.75, 3.05) is 37.7 Å². The zero-order valence-electron chi connectivity index (χ0n) is 25.0. The van der Waals surface area contributed by atoms with Gasteiger partial charge in [0.2, 0.25) is 0 Å². The molecule has 2 bridgehead atoms. The van der Waals surface area contributed by atoms with Crippen molar-refractivity contribution in [1.29, 1.82) is 0 Å². The molecule has 0 aliphatic carbocycles. The van der Waals surface area contributed by atoms with E-state index in [1.54, 1.807) is 18.2 Å². The molecule has 234 valence electrons. The van der Waals surface area contributed by atoms with Gasteiger partial charge in [-0.3, -0.25) is 4.90 Å². The van der Waals surface area contributed by atoms with Crippen molar-refractivity contribution in [2.45, 2.75) is 55.9 Å². The van der Waals surface area contributed by atoms with E-state index >= 15 is 4.39 Å². The first-order valence-corrected chi connectivity index (χ1v) is 16.3. The SMILES string of the molecule is C=c1c#cc2c(F)ccc3cc(O)cc(c4nc(Cl)c5c(N6CC7CCC(C6)N7)nc(OC[C@@]67CCCN6C[C@H](F)C7)nc5c14)c32. The van der Waals surface area contributed by atoms with Crippen LogP contribution in [0.2, 0.25) is 5.15 Å². The third kappa shape index (κ3) is 4.29. The van der Waals surface area contributed by atoms with Crippen LogP contribution < -0.4 is 20.2 Å². The van der Waals surface area contributed by atoms with Crippen molar-refractivity contribution in [3.05, 3.63) is 52.6 Å². The lowest BCUT2D eigenvalue weighted by Crippen LogP contribution is -2.51. The number of hydrogen-bond donors (Lipinski definition) is 2. The Bertz CT molecular complexity index is 2160. The topological polar surface area (TPSA) is 86.6 Å². The quantitative estimate of drug-likeness (QED) is 0.260. The molecule has 4 saturated heterocycles. The summed E-state index contributed by atoms with van der Waals surface area (Å²) in [5.74, 6) is 0.131. The summed E-state index contributed by atoms with van der Waals surface area (Å²) in [5.41, 5.74) is 0.469. The summed E-state index contributed by atoms with van der Waals surface area (Å²) in [6.07, 6.45) is 3.55. The Morgan fingerprint density at radius 3 is 2.72 bits per heavy atom. The molecule has 8 nitrogen and oxygen atoms in total. The zero-order valence-corrected chi connectivity index (χ0v) is 25.8. The number of ether oxygens (including phenoxy) is 1. The number of nitrogens with zero attached hydrogens (tertiary/aromatic N) is 5. The lowest BCUT2D eigenvalue weighted by Gasteiger charge is -2.34. The van der Waals surface area contributed by atoms with Gasteiger partial charge in [-0.25, -0.2) is 13.8 Å². The molecule has 0 amide bonds. The molecule has 2 N–H and O–H groups in total. The predicted molar refractivity (Wildman–Crippen MR) is 174 cm³/mol. The standard InChI is InChI=1S/C35H31ClF2N6O2/c1-18-3-7-24-26(38)8-4-19-11-23(45)12-25(28(19)24)30-27(18)31-29(32(36)40-30)33(43-15-21-5-6-22(16-43)39-21)42-34(41-31)46-17-35-9-2-10-44(35)14-20(37)13-35/h4,8,11-12,20-22,39,45H,1-2,5-6,9-10,13-17H2/t20-,21?,22?,35+/m1/s1. The second kappa shape index (κ2) is 10.2. The number of piperazine rings is 1. The third-order valence-electron chi connectivity index (χ3n) is 10.5. The highest BCUT2D eigenvalue weighted by Crippen LogP contribution is 2.42. The number of hydrogen-bond acceptors (Lipinski definition) is 8. The van der Waals surface area contributed by atoms with E-state index in [2.05, 4.69) is 33.8 Å². The molecular formula is C35H31ClF2N6O2. The molecule has 0 radical (unpaired) electrons. The molecule has 11 heteroatoms. The number of alkyl halides is 1. The van der Waals surface area contributed by atoms with Crippen LogP contribution in [0, 0.1) is 17.9 Å². The summed E-state index contributed by atoms with van der Waals surface area (Å²) >= 11 is 7.08. The van der Waals surface area contributed by atoms with Crippen LogP contribution in [0.4, 0.5) is 14.6 Å². The molecule has 0 saturated carbocycles. The van der Waals surface area contributed by atoms with Crippen molar-refractivity contribution in [2.24, 2.45) is 0 Å². The average molecular weight is 641 g/mol. The van der Waals surface area contributed by atoms with E-state index in [0.29, 0.717) is 74.1 Å². The van der Waals surface area contributed by atoms with Gasteiger partial charge in [0, 0.05) is 59.5 Å². The second-order valence-electron chi connectivity index (χ2n) is 13.3. The van der Waals surface area contributed by atoms with Crippen LogP contribution in [0.1, 0.15) is 32.1 Å². The second-order valence-corrected chi connectivity index (χ2v) is 13.7. The van der Waals surface area contributed by atoms with Crippen LogP contribution in [0.3, 0.4) is 0 Å². The summed E-state index contributed by atoms with van der Waals surface area (Å²) in [7, 11) is 0. The van der Waals surface area contributed by atoms with Gasteiger partial charge in [0.05, 0.1) is 27.3 Å². The Hall–Kier alpha value is -4.04. The summed E-state index contributed by atoms with van der Waals surface area (Å²) in [6.45, 7) is 7.29. The Balaban J connectivity index is 1.32. The molecular weight excluding hydrogens is 610 g/mol. The largest absolute Gasteiger partial charge is 0.508 e. The lowest BCUT2D eigenvalue weighted by molar-refractivity contribution is 0.107. The van der Waals surface area contributed by atoms with Crippen LogP contribution in [0.25, 0.3) is 49.9 Å². The summed E-state index contributed by atoms with van der Waals surface area (Å²) in [6, 6.07) is 12.9. The summed E-state index contributed by atoms with van der Waals surface area (Å²) in [5, 5.41) is 17.8. The maximum Gasteiger partial charge on any atom is 0.319 e. The number of fused-ring (bicyclic) bond motifs is 7. The molecule has 46 heavy (non-hydrogen) atoms. The molecule has 4 aliphatic rings. The number of anilines is 1. The van der Waals surface area contributed by atoms with Crippen LogP contribution in [0.15, 0.2) is 24.3 Å². The molecule has 6 heterocycles. The van der Waals surface area contributed by atoms with Crippen molar-refractivity contribution in [3.8, 4) is 11.8 Å². The monoisotopic (exact) mass is 640 g/mol. The van der Waals surface area contributed by atoms with Crippen molar-refractivity contribution in [3.63, 3.8) is 0 Å². The molecule has 4 fully saturated rings. The van der Waals surface area contributed by atoms with E-state index in [1.807, 2.05) is 0 Å². The predicted octanol–water partition coefficient (Wildman–Crippen LogP) is 5.17. The van der Waals surface area contributed by atoms with E-state index in [0.717, 1.165) is 45.3 Å². The van der Waals surface area contributed by atoms with Crippen LogP contribution >= 0.6 is 11.6 Å². The van der Waals surface area contributed by atoms with E-state index in [-0.39, 0.29) is 34.4 Å². The van der Waals surface area contributed by atoms with Gasteiger partial charge in [-0.15, -0.1) is 0 Å². The summed E-state index contributed by atoms with van der Waals surface area (Å²) < 4.78 is 36.2. The van der Waals surface area contributed by atoms with Gasteiger partial charge in [0.1, 0.15) is 35.3 Å². The van der Waals surface area contributed by atoms with Gasteiger partial charge >= 0.3 is 6.01 Å². The minimum absolute atomic E-state index is 0.00466. The first-order chi connectivity index (χ1) is 22.3. The van der Waals surface area contributed by atoms with Crippen molar-refractivity contribution in [1.82, 2.24) is 25.2 Å². The molecule has 4 aliphatic heterocycles. The first kappa shape index (κ1) is 28.2. The number of phenolic OH excluding ortho intramolecular Hbond substituents is 1. The number of pyridine rings is 1. The number of aromatic hydroxyl groups is 1. The maximum atomic E-state index is 15.2. The molecule has 5 aromatic rings. The Kier molecular flexibility index (Phi) is 6.27. The molecule has 2 aromatic heterocycles. The Morgan fingerprint density at radius 2 is 1.89 bits per heavy atom. The molecule has 2 unspecified atom stereocenters. The number of benzene rings is 2. The minimum atomic E-state index is -0.883. The smallest absolute Gasteiger partial charge is 0.319 e. The highest BCUT2D eigenvalue weighted by molar-refractivity contribution is 6.37. The fraction of sp³-hybridized carbons (Fsp3) is 0.400. The molecule has 3 aromatic carbocycles. The average Bonchev–Trinajstić information content (AvgIpc) is 3.68. The molecule has 0 spiro atoms. The van der Waals surface area contributed by atoms with E-state index in [4.69, 9.17) is 31.3 Å². The third-order valence-corrected chi connectivity index (χ3v) is 10.7. The zero-order chi connectivity index (χ0) is 31.3. The van der Waals surface area contributed by atoms with Gasteiger partial charge in [-0.2, -0.15) is 9.97 Å². The first-order valence-electron chi connectivity index (χ1n) is 15.9. The molecule has 4 atom stereocenters. The Labute approximate surface area is 268 Å². The van der Waals surface area contributed by atoms with E-state index in [9.17, 15) is 9.50 Å². The fourth-order valence-corrected chi connectivity index (χ4v) is 8.71. The summed E-state index contributed by atoms with van der Waals surface area (Å²) in [4.78, 5) is 19.2. The maximum absolute atomic E-state index is 15.2. The fourth-order valence-electron chi connectivity index (χ4n) is 8.45. The Morgan fingerprint density at radius 1 is 1.07 bits per heavy atom. The van der Waals surface area contributed by atoms with E-state index < -0.39 is 12.0 Å². The van der Waals surface area contributed by atoms with E-state index in [1.165, 1.54) is 6.07 Å².